The molecule has 1 aromatic rings. The molecular weight excluding hydrogens is 212 g/mol. The van der Waals surface area contributed by atoms with Crippen LogP contribution in [0.15, 0.2) is 6.07 Å². The second-order valence-corrected chi connectivity index (χ2v) is 3.91. The Labute approximate surface area is 95.2 Å². The van der Waals surface area contributed by atoms with Crippen LogP contribution in [0.5, 0.6) is 5.75 Å². The molecule has 0 atom stereocenters. The lowest BCUT2D eigenvalue weighted by Crippen LogP contribution is -1.98. The maximum absolute atomic E-state index is 10.3. The number of hydrogen-bond acceptors (Lipinski definition) is 2. The predicted octanol–water partition coefficient (Wildman–Crippen LogP) is 3.10. The molecule has 0 aliphatic rings. The van der Waals surface area contributed by atoms with Crippen molar-refractivity contribution in [3.8, 4) is 5.75 Å². The molecule has 1 rings (SSSR count). The smallest absolute Gasteiger partial charge is 0.126 e. The summed E-state index contributed by atoms with van der Waals surface area (Å²) >= 11 is 6.12. The molecule has 0 radical (unpaired) electrons. The van der Waals surface area contributed by atoms with Crippen LogP contribution >= 0.6 is 11.6 Å². The van der Waals surface area contributed by atoms with Gasteiger partial charge in [-0.15, -0.1) is 0 Å². The van der Waals surface area contributed by atoms with Crippen molar-refractivity contribution in [2.45, 2.75) is 26.7 Å². The summed E-state index contributed by atoms with van der Waals surface area (Å²) in [6.07, 6.45) is 2.13. The van der Waals surface area contributed by atoms with E-state index in [2.05, 4.69) is 0 Å². The van der Waals surface area contributed by atoms with Gasteiger partial charge < -0.3 is 9.53 Å². The van der Waals surface area contributed by atoms with Gasteiger partial charge >= 0.3 is 0 Å². The minimum absolute atomic E-state index is 0.511. The fourth-order valence-corrected chi connectivity index (χ4v) is 1.85. The number of benzene rings is 1. The van der Waals surface area contributed by atoms with Crippen molar-refractivity contribution in [1.29, 1.82) is 0 Å². The van der Waals surface area contributed by atoms with Crippen molar-refractivity contribution in [3.63, 3.8) is 0 Å². The first-order valence-electron chi connectivity index (χ1n) is 4.88. The molecule has 0 spiro atoms. The number of hydrogen-bond donors (Lipinski definition) is 0. The summed E-state index contributed by atoms with van der Waals surface area (Å²) in [5.74, 6) is 0.799. The molecule has 3 heteroatoms. The lowest BCUT2D eigenvalue weighted by atomic mass is 10.0. The van der Waals surface area contributed by atoms with E-state index < -0.39 is 0 Å². The van der Waals surface area contributed by atoms with Crippen LogP contribution in [0.25, 0.3) is 0 Å². The van der Waals surface area contributed by atoms with Crippen LogP contribution in [-0.4, -0.2) is 13.4 Å². The van der Waals surface area contributed by atoms with Gasteiger partial charge in [0.2, 0.25) is 0 Å². The van der Waals surface area contributed by atoms with Crippen molar-refractivity contribution in [2.75, 3.05) is 7.11 Å². The maximum Gasteiger partial charge on any atom is 0.126 e. The molecule has 0 bridgehead atoms. The molecule has 0 heterocycles. The summed E-state index contributed by atoms with van der Waals surface area (Å²) < 4.78 is 5.31. The van der Waals surface area contributed by atoms with E-state index in [4.69, 9.17) is 16.3 Å². The van der Waals surface area contributed by atoms with E-state index in [9.17, 15) is 4.79 Å². The molecule has 0 aromatic heterocycles. The first-order chi connectivity index (χ1) is 7.11. The molecule has 82 valence electrons. The van der Waals surface area contributed by atoms with Crippen molar-refractivity contribution in [3.05, 3.63) is 27.8 Å². The van der Waals surface area contributed by atoms with Crippen LogP contribution in [0.1, 0.15) is 23.1 Å². The average Bonchev–Trinajstić information content (AvgIpc) is 2.23. The van der Waals surface area contributed by atoms with Gasteiger partial charge in [0.1, 0.15) is 12.0 Å². The van der Waals surface area contributed by atoms with Crippen molar-refractivity contribution >= 4 is 17.9 Å². The highest BCUT2D eigenvalue weighted by Crippen LogP contribution is 2.33. The summed E-state index contributed by atoms with van der Waals surface area (Å²) in [6, 6.07) is 1.98. The molecule has 0 aliphatic carbocycles. The summed E-state index contributed by atoms with van der Waals surface area (Å²) in [6.45, 7) is 3.89. The topological polar surface area (TPSA) is 26.3 Å². The number of ether oxygens (including phenoxy) is 1. The quantitative estimate of drug-likeness (QED) is 0.738. The molecule has 0 fully saturated rings. The van der Waals surface area contributed by atoms with Gasteiger partial charge in [-0.3, -0.25) is 0 Å². The van der Waals surface area contributed by atoms with Gasteiger partial charge in [-0.05, 0) is 31.4 Å². The van der Waals surface area contributed by atoms with Gasteiger partial charge in [0.25, 0.3) is 0 Å². The third kappa shape index (κ3) is 2.51. The lowest BCUT2D eigenvalue weighted by molar-refractivity contribution is -0.107. The third-order valence-corrected chi connectivity index (χ3v) is 3.02. The SMILES string of the molecule is COc1c(CCC=O)cc(C)c(Cl)c1C. The van der Waals surface area contributed by atoms with Gasteiger partial charge in [-0.2, -0.15) is 0 Å². The Morgan fingerprint density at radius 2 is 2.13 bits per heavy atom. The van der Waals surface area contributed by atoms with Gasteiger partial charge in [0.15, 0.2) is 0 Å². The number of aldehydes is 1. The van der Waals surface area contributed by atoms with Crippen molar-refractivity contribution < 1.29 is 9.53 Å². The van der Waals surface area contributed by atoms with Crippen molar-refractivity contribution in [1.82, 2.24) is 0 Å². The monoisotopic (exact) mass is 226 g/mol. The molecule has 0 saturated heterocycles. The highest BCUT2D eigenvalue weighted by Gasteiger charge is 2.11. The first-order valence-corrected chi connectivity index (χ1v) is 5.25. The van der Waals surface area contributed by atoms with E-state index in [1.807, 2.05) is 19.9 Å². The first kappa shape index (κ1) is 12.1. The zero-order valence-corrected chi connectivity index (χ0v) is 10.0. The largest absolute Gasteiger partial charge is 0.496 e. The fourth-order valence-electron chi connectivity index (χ4n) is 1.71. The number of aryl methyl sites for hydroxylation is 2. The number of carbonyl (C=O) groups excluding carboxylic acids is 1. The van der Waals surface area contributed by atoms with E-state index in [0.717, 1.165) is 33.7 Å². The number of carbonyl (C=O) groups is 1. The number of halogens is 1. The average molecular weight is 227 g/mol. The second kappa shape index (κ2) is 5.17. The second-order valence-electron chi connectivity index (χ2n) is 3.53. The summed E-state index contributed by atoms with van der Waals surface area (Å²) in [5, 5.41) is 0.738. The Bertz CT molecular complexity index is 372. The zero-order chi connectivity index (χ0) is 11.4. The Morgan fingerprint density at radius 1 is 1.47 bits per heavy atom. The summed E-state index contributed by atoms with van der Waals surface area (Å²) in [7, 11) is 1.62. The molecule has 0 N–H and O–H groups in total. The van der Waals surface area contributed by atoms with Crippen LogP contribution < -0.4 is 4.74 Å². The molecular formula is C12H15ClO2. The predicted molar refractivity (Wildman–Crippen MR) is 61.9 cm³/mol. The lowest BCUT2D eigenvalue weighted by Gasteiger charge is -2.14. The minimum Gasteiger partial charge on any atom is -0.496 e. The number of methoxy groups -OCH3 is 1. The Kier molecular flexibility index (Phi) is 4.15. The normalized spacial score (nSPS) is 10.1. The van der Waals surface area contributed by atoms with Crippen LogP contribution in [0.4, 0.5) is 0 Å². The van der Waals surface area contributed by atoms with Crippen LogP contribution in [-0.2, 0) is 11.2 Å². The summed E-state index contributed by atoms with van der Waals surface area (Å²) in [4.78, 5) is 10.3. The Balaban J connectivity index is 3.19. The highest BCUT2D eigenvalue weighted by molar-refractivity contribution is 6.32. The minimum atomic E-state index is 0.511. The molecule has 0 unspecified atom stereocenters. The van der Waals surface area contributed by atoms with Crippen LogP contribution in [0.2, 0.25) is 5.02 Å². The highest BCUT2D eigenvalue weighted by atomic mass is 35.5. The van der Waals surface area contributed by atoms with Gasteiger partial charge in [0, 0.05) is 12.0 Å². The molecule has 1 aromatic carbocycles. The maximum atomic E-state index is 10.3. The molecule has 0 aliphatic heterocycles. The zero-order valence-electron chi connectivity index (χ0n) is 9.26. The molecule has 15 heavy (non-hydrogen) atoms. The van der Waals surface area contributed by atoms with E-state index >= 15 is 0 Å². The van der Waals surface area contributed by atoms with Crippen LogP contribution in [0, 0.1) is 13.8 Å². The van der Waals surface area contributed by atoms with E-state index in [1.165, 1.54) is 0 Å². The Hall–Kier alpha value is -1.02. The molecule has 2 nitrogen and oxygen atoms in total. The molecule has 0 saturated carbocycles. The van der Waals surface area contributed by atoms with E-state index in [1.54, 1.807) is 7.11 Å². The van der Waals surface area contributed by atoms with E-state index in [-0.39, 0.29) is 0 Å². The van der Waals surface area contributed by atoms with Gasteiger partial charge in [-0.25, -0.2) is 0 Å². The van der Waals surface area contributed by atoms with Gasteiger partial charge in [0.05, 0.1) is 12.1 Å². The van der Waals surface area contributed by atoms with Crippen molar-refractivity contribution in [2.24, 2.45) is 0 Å². The fraction of sp³-hybridized carbons (Fsp3) is 0.417. The standard InChI is InChI=1S/C12H15ClO2/c1-8-7-10(5-4-6-14)12(15-3)9(2)11(8)13/h6-7H,4-5H2,1-3H3. The van der Waals surface area contributed by atoms with Crippen LogP contribution in [0.3, 0.4) is 0 Å². The third-order valence-electron chi connectivity index (χ3n) is 2.43. The van der Waals surface area contributed by atoms with Gasteiger partial charge in [-0.1, -0.05) is 17.7 Å². The molecule has 0 amide bonds. The Morgan fingerprint density at radius 3 is 2.67 bits per heavy atom. The summed E-state index contributed by atoms with van der Waals surface area (Å²) in [5.41, 5.74) is 3.01. The van der Waals surface area contributed by atoms with E-state index in [0.29, 0.717) is 12.8 Å². The number of rotatable bonds is 4.